The van der Waals surface area contributed by atoms with E-state index in [0.717, 1.165) is 18.8 Å². The molecule has 1 saturated carbocycles. The molecular weight excluding hydrogens is 254 g/mol. The fourth-order valence-electron chi connectivity index (χ4n) is 2.59. The predicted octanol–water partition coefficient (Wildman–Crippen LogP) is 1.04. The zero-order chi connectivity index (χ0) is 13.5. The predicted molar refractivity (Wildman–Crippen MR) is 72.0 cm³/mol. The number of carbonyl (C=O) groups is 1. The molecule has 2 aromatic heterocycles. The van der Waals surface area contributed by atoms with Crippen molar-refractivity contribution in [3.05, 3.63) is 36.4 Å². The van der Waals surface area contributed by atoms with E-state index in [-0.39, 0.29) is 5.91 Å². The Labute approximate surface area is 117 Å². The monoisotopic (exact) mass is 271 g/mol. The summed E-state index contributed by atoms with van der Waals surface area (Å²) in [5.41, 5.74) is 1.11. The van der Waals surface area contributed by atoms with Gasteiger partial charge in [-0.05, 0) is 25.0 Å². The molecule has 0 atom stereocenters. The summed E-state index contributed by atoms with van der Waals surface area (Å²) < 4.78 is 3.82. The van der Waals surface area contributed by atoms with Crippen LogP contribution in [0.3, 0.4) is 0 Å². The second-order valence-corrected chi connectivity index (χ2v) is 5.71. The number of rotatable bonds is 4. The van der Waals surface area contributed by atoms with Crippen molar-refractivity contribution < 1.29 is 4.79 Å². The molecule has 0 unspecified atom stereocenters. The van der Waals surface area contributed by atoms with Crippen molar-refractivity contribution in [3.63, 3.8) is 0 Å². The van der Waals surface area contributed by atoms with Gasteiger partial charge in [-0.1, -0.05) is 5.21 Å². The highest BCUT2D eigenvalue weighted by Crippen LogP contribution is 2.39. The molecule has 0 radical (unpaired) electrons. The molecule has 1 aliphatic carbocycles. The Kier molecular flexibility index (Phi) is 2.61. The minimum atomic E-state index is 0.167. The van der Waals surface area contributed by atoms with E-state index in [1.54, 1.807) is 0 Å². The summed E-state index contributed by atoms with van der Waals surface area (Å²) >= 11 is 0. The van der Waals surface area contributed by atoms with Crippen LogP contribution in [0.25, 0.3) is 0 Å². The molecule has 20 heavy (non-hydrogen) atoms. The van der Waals surface area contributed by atoms with Crippen LogP contribution in [0.1, 0.15) is 30.5 Å². The van der Waals surface area contributed by atoms with Crippen molar-refractivity contribution in [2.24, 2.45) is 0 Å². The summed E-state index contributed by atoms with van der Waals surface area (Å²) in [6.45, 7) is 1.91. The molecule has 0 aromatic carbocycles. The third kappa shape index (κ3) is 2.11. The first-order chi connectivity index (χ1) is 9.79. The van der Waals surface area contributed by atoms with Crippen molar-refractivity contribution >= 4 is 5.91 Å². The lowest BCUT2D eigenvalue weighted by atomic mass is 10.1. The maximum Gasteiger partial charge on any atom is 0.242 e. The molecule has 104 valence electrons. The van der Waals surface area contributed by atoms with Gasteiger partial charge in [0.2, 0.25) is 5.91 Å². The topological polar surface area (TPSA) is 56.0 Å². The molecule has 2 aliphatic rings. The second-order valence-electron chi connectivity index (χ2n) is 5.71. The van der Waals surface area contributed by atoms with Crippen LogP contribution < -0.4 is 0 Å². The Hall–Kier alpha value is -2.11. The lowest BCUT2D eigenvalue weighted by Crippen LogP contribution is -2.51. The fraction of sp³-hybridized carbons (Fsp3) is 0.500. The van der Waals surface area contributed by atoms with E-state index in [1.165, 1.54) is 12.8 Å². The van der Waals surface area contributed by atoms with Crippen LogP contribution in [0, 0.1) is 0 Å². The minimum absolute atomic E-state index is 0.167. The van der Waals surface area contributed by atoms with Gasteiger partial charge in [-0.2, -0.15) is 0 Å². The van der Waals surface area contributed by atoms with Crippen molar-refractivity contribution in [1.29, 1.82) is 0 Å². The molecule has 3 heterocycles. The largest absolute Gasteiger partial charge is 0.345 e. The Morgan fingerprint density at radius 1 is 1.25 bits per heavy atom. The number of aromatic nitrogens is 4. The molecule has 1 aliphatic heterocycles. The Morgan fingerprint density at radius 3 is 2.70 bits per heavy atom. The van der Waals surface area contributed by atoms with E-state index in [4.69, 9.17) is 0 Å². The highest BCUT2D eigenvalue weighted by atomic mass is 16.2. The van der Waals surface area contributed by atoms with E-state index in [1.807, 2.05) is 38.7 Å². The van der Waals surface area contributed by atoms with Crippen LogP contribution >= 0.6 is 0 Å². The van der Waals surface area contributed by atoms with E-state index in [2.05, 4.69) is 16.5 Å². The first kappa shape index (κ1) is 11.7. The third-order valence-electron chi connectivity index (χ3n) is 4.10. The van der Waals surface area contributed by atoms with Crippen LogP contribution in [-0.4, -0.2) is 43.5 Å². The summed E-state index contributed by atoms with van der Waals surface area (Å²) in [7, 11) is 0. The van der Waals surface area contributed by atoms with Gasteiger partial charge in [0.1, 0.15) is 6.54 Å². The summed E-state index contributed by atoms with van der Waals surface area (Å²) in [5, 5.41) is 8.41. The normalized spacial score (nSPS) is 19.1. The molecule has 0 N–H and O–H groups in total. The van der Waals surface area contributed by atoms with Gasteiger partial charge in [-0.3, -0.25) is 4.79 Å². The zero-order valence-corrected chi connectivity index (χ0v) is 11.2. The third-order valence-corrected chi connectivity index (χ3v) is 4.10. The summed E-state index contributed by atoms with van der Waals surface area (Å²) in [6, 6.07) is 4.16. The van der Waals surface area contributed by atoms with Crippen molar-refractivity contribution in [1.82, 2.24) is 24.5 Å². The van der Waals surface area contributed by atoms with Crippen LogP contribution in [0.4, 0.5) is 0 Å². The van der Waals surface area contributed by atoms with Gasteiger partial charge in [-0.25, -0.2) is 4.68 Å². The molecule has 6 nitrogen and oxygen atoms in total. The van der Waals surface area contributed by atoms with E-state index in [9.17, 15) is 4.79 Å². The number of amides is 1. The summed E-state index contributed by atoms with van der Waals surface area (Å²) in [4.78, 5) is 13.9. The lowest BCUT2D eigenvalue weighted by molar-refractivity contribution is -0.137. The highest BCUT2D eigenvalue weighted by Gasteiger charge is 2.34. The molecule has 1 saturated heterocycles. The number of carbonyl (C=O) groups excluding carboxylic acids is 1. The van der Waals surface area contributed by atoms with Gasteiger partial charge in [0, 0.05) is 37.6 Å². The fourth-order valence-corrected chi connectivity index (χ4v) is 2.59. The van der Waals surface area contributed by atoms with Gasteiger partial charge in [0.15, 0.2) is 0 Å². The van der Waals surface area contributed by atoms with E-state index in [0.29, 0.717) is 18.5 Å². The first-order valence-corrected chi connectivity index (χ1v) is 7.10. The van der Waals surface area contributed by atoms with Crippen LogP contribution in [-0.2, 0) is 11.3 Å². The molecule has 2 fully saturated rings. The quantitative estimate of drug-likeness (QED) is 0.835. The van der Waals surface area contributed by atoms with E-state index >= 15 is 0 Å². The first-order valence-electron chi connectivity index (χ1n) is 7.10. The molecular formula is C14H17N5O. The van der Waals surface area contributed by atoms with E-state index < -0.39 is 0 Å². The smallest absolute Gasteiger partial charge is 0.242 e. The maximum absolute atomic E-state index is 12.1. The standard InChI is InChI=1S/C14H17N5O/c20-14(10-17-5-1-2-6-17)18-7-12(8-18)19-9-13(15-16-19)11-3-4-11/h1-2,5-6,9,11-12H,3-4,7-8,10H2. The van der Waals surface area contributed by atoms with Crippen LogP contribution in [0.15, 0.2) is 30.7 Å². The van der Waals surface area contributed by atoms with Crippen LogP contribution in [0.5, 0.6) is 0 Å². The molecule has 2 aromatic rings. The SMILES string of the molecule is O=C(Cn1cccc1)N1CC(n2cc(C3CC3)nn2)C1. The lowest BCUT2D eigenvalue weighted by Gasteiger charge is -2.38. The van der Waals surface area contributed by atoms with Gasteiger partial charge in [0.25, 0.3) is 0 Å². The number of nitrogens with zero attached hydrogens (tertiary/aromatic N) is 5. The zero-order valence-electron chi connectivity index (χ0n) is 11.2. The average Bonchev–Trinajstić information content (AvgIpc) is 2.90. The van der Waals surface area contributed by atoms with Crippen molar-refractivity contribution in [3.8, 4) is 0 Å². The Morgan fingerprint density at radius 2 is 2.00 bits per heavy atom. The maximum atomic E-state index is 12.1. The van der Waals surface area contributed by atoms with Crippen LogP contribution in [0.2, 0.25) is 0 Å². The number of hydrogen-bond acceptors (Lipinski definition) is 3. The Bertz CT molecular complexity index is 607. The van der Waals surface area contributed by atoms with Crippen molar-refractivity contribution in [2.45, 2.75) is 31.3 Å². The molecule has 4 rings (SSSR count). The average molecular weight is 271 g/mol. The molecule has 0 bridgehead atoms. The minimum Gasteiger partial charge on any atom is -0.345 e. The van der Waals surface area contributed by atoms with Crippen molar-refractivity contribution in [2.75, 3.05) is 13.1 Å². The number of likely N-dealkylation sites (tertiary alicyclic amines) is 1. The summed E-state index contributed by atoms with van der Waals surface area (Å²) in [5.74, 6) is 0.801. The molecule has 1 amide bonds. The van der Waals surface area contributed by atoms with Gasteiger partial charge in [0.05, 0.1) is 11.7 Å². The van der Waals surface area contributed by atoms with Gasteiger partial charge >= 0.3 is 0 Å². The molecule has 0 spiro atoms. The molecule has 6 heteroatoms. The van der Waals surface area contributed by atoms with Gasteiger partial charge < -0.3 is 9.47 Å². The number of hydrogen-bond donors (Lipinski definition) is 0. The highest BCUT2D eigenvalue weighted by molar-refractivity contribution is 5.76. The van der Waals surface area contributed by atoms with Gasteiger partial charge in [-0.15, -0.1) is 5.10 Å². The Balaban J connectivity index is 1.33. The summed E-state index contributed by atoms with van der Waals surface area (Å²) in [6.07, 6.45) is 8.36. The second kappa shape index (κ2) is 4.47.